The van der Waals surface area contributed by atoms with Crippen LogP contribution in [0.3, 0.4) is 0 Å². The van der Waals surface area contributed by atoms with E-state index in [2.05, 4.69) is 4.99 Å². The van der Waals surface area contributed by atoms with Crippen molar-refractivity contribution >= 4 is 35.8 Å². The van der Waals surface area contributed by atoms with Gasteiger partial charge in [0.1, 0.15) is 0 Å². The topological polar surface area (TPSA) is 130 Å². The average Bonchev–Trinajstić information content (AvgIpc) is 3.59. The summed E-state index contributed by atoms with van der Waals surface area (Å²) in [7, 11) is 3.03. The Balaban J connectivity index is 1.06. The molecule has 3 unspecified atom stereocenters. The van der Waals surface area contributed by atoms with Crippen molar-refractivity contribution in [2.75, 3.05) is 32.3 Å². The van der Waals surface area contributed by atoms with Crippen LogP contribution in [0.15, 0.2) is 52.8 Å². The fourth-order valence-electron chi connectivity index (χ4n) is 6.36. The molecule has 46 heavy (non-hydrogen) atoms. The van der Waals surface area contributed by atoms with E-state index >= 15 is 0 Å². The SMILES string of the molecule is COc1cc2c(cc1OCCCCCOc1cc3c(cc1OC)C(=O)N1C=C(C)CC1C(O)N3C=O)N=CC1CC(C)=CN1C2=O. The molecule has 242 valence electrons. The number of rotatable bonds is 11. The van der Waals surface area contributed by atoms with E-state index in [-0.39, 0.29) is 29.1 Å². The van der Waals surface area contributed by atoms with Gasteiger partial charge < -0.3 is 33.9 Å². The molecule has 0 aromatic heterocycles. The summed E-state index contributed by atoms with van der Waals surface area (Å²) in [6, 6.07) is 5.92. The maximum Gasteiger partial charge on any atom is 0.260 e. The van der Waals surface area contributed by atoms with Gasteiger partial charge >= 0.3 is 0 Å². The van der Waals surface area contributed by atoms with Crippen molar-refractivity contribution in [1.82, 2.24) is 9.80 Å². The predicted octanol–water partition coefficient (Wildman–Crippen LogP) is 4.58. The number of nitrogens with zero attached hydrogens (tertiary/aromatic N) is 4. The lowest BCUT2D eigenvalue weighted by molar-refractivity contribution is -0.109. The quantitative estimate of drug-likeness (QED) is 0.282. The molecular formula is C34H38N4O8. The Hall–Kier alpha value is -4.84. The van der Waals surface area contributed by atoms with Crippen molar-refractivity contribution in [2.45, 2.75) is 64.3 Å². The molecule has 0 spiro atoms. The molecule has 4 aliphatic rings. The fourth-order valence-corrected chi connectivity index (χ4v) is 6.36. The van der Waals surface area contributed by atoms with Crippen molar-refractivity contribution in [3.8, 4) is 23.0 Å². The summed E-state index contributed by atoms with van der Waals surface area (Å²) in [6.45, 7) is 4.67. The van der Waals surface area contributed by atoms with Gasteiger partial charge in [-0.05, 0) is 58.1 Å². The zero-order valence-corrected chi connectivity index (χ0v) is 26.4. The number of hydrogen-bond donors (Lipinski definition) is 1. The van der Waals surface area contributed by atoms with Gasteiger partial charge in [0, 0.05) is 30.7 Å². The molecule has 2 aromatic carbocycles. The number of ether oxygens (including phenoxy) is 4. The van der Waals surface area contributed by atoms with Gasteiger partial charge in [0.15, 0.2) is 29.2 Å². The minimum atomic E-state index is -1.21. The van der Waals surface area contributed by atoms with Gasteiger partial charge in [-0.2, -0.15) is 0 Å². The number of unbranched alkanes of at least 4 members (excludes halogenated alkanes) is 2. The van der Waals surface area contributed by atoms with Crippen molar-refractivity contribution in [3.05, 3.63) is 58.9 Å². The molecule has 0 saturated carbocycles. The predicted molar refractivity (Wildman–Crippen MR) is 170 cm³/mol. The molecule has 0 aliphatic carbocycles. The lowest BCUT2D eigenvalue weighted by atomic mass is 10.1. The van der Waals surface area contributed by atoms with Gasteiger partial charge in [-0.3, -0.25) is 24.3 Å². The van der Waals surface area contributed by atoms with Crippen LogP contribution >= 0.6 is 0 Å². The number of fused-ring (bicyclic) bond motifs is 4. The Morgan fingerprint density at radius 3 is 2.11 bits per heavy atom. The number of anilines is 1. The molecule has 3 amide bonds. The van der Waals surface area contributed by atoms with Crippen LogP contribution in [0, 0.1) is 0 Å². The molecule has 0 radical (unpaired) electrons. The van der Waals surface area contributed by atoms with Crippen LogP contribution in [-0.4, -0.2) is 85.1 Å². The minimum Gasteiger partial charge on any atom is -0.493 e. The van der Waals surface area contributed by atoms with E-state index in [0.29, 0.717) is 66.7 Å². The molecule has 12 nitrogen and oxygen atoms in total. The smallest absolute Gasteiger partial charge is 0.260 e. The fraction of sp³-hybridized carbons (Fsp3) is 0.412. The van der Waals surface area contributed by atoms with E-state index in [0.717, 1.165) is 30.4 Å². The molecule has 2 aromatic rings. The van der Waals surface area contributed by atoms with E-state index in [4.69, 9.17) is 18.9 Å². The second kappa shape index (κ2) is 12.9. The zero-order valence-electron chi connectivity index (χ0n) is 26.4. The summed E-state index contributed by atoms with van der Waals surface area (Å²) in [6.07, 6.45) is 8.20. The molecule has 1 N–H and O–H groups in total. The first-order valence-electron chi connectivity index (χ1n) is 15.4. The number of aliphatic hydroxyl groups excluding tert-OH is 1. The highest BCUT2D eigenvalue weighted by molar-refractivity contribution is 6.05. The molecule has 4 heterocycles. The van der Waals surface area contributed by atoms with Gasteiger partial charge in [0.05, 0.1) is 62.0 Å². The van der Waals surface area contributed by atoms with Crippen molar-refractivity contribution in [3.63, 3.8) is 0 Å². The second-order valence-electron chi connectivity index (χ2n) is 11.9. The molecule has 3 atom stereocenters. The normalized spacial score (nSPS) is 21.4. The summed E-state index contributed by atoms with van der Waals surface area (Å²) in [5.74, 6) is 1.29. The Bertz CT molecular complexity index is 1650. The van der Waals surface area contributed by atoms with Crippen LogP contribution in [0.1, 0.15) is 66.7 Å². The summed E-state index contributed by atoms with van der Waals surface area (Å²) in [4.78, 5) is 47.6. The van der Waals surface area contributed by atoms with E-state index in [1.807, 2.05) is 26.3 Å². The Morgan fingerprint density at radius 2 is 1.43 bits per heavy atom. The zero-order chi connectivity index (χ0) is 32.5. The molecular weight excluding hydrogens is 592 g/mol. The lowest BCUT2D eigenvalue weighted by Gasteiger charge is -2.29. The van der Waals surface area contributed by atoms with Crippen molar-refractivity contribution < 1.29 is 38.4 Å². The molecule has 12 heteroatoms. The van der Waals surface area contributed by atoms with Crippen molar-refractivity contribution in [1.29, 1.82) is 0 Å². The van der Waals surface area contributed by atoms with Crippen LogP contribution in [-0.2, 0) is 4.79 Å². The molecule has 0 fully saturated rings. The first-order valence-corrected chi connectivity index (χ1v) is 15.4. The molecule has 0 bridgehead atoms. The molecule has 4 aliphatic heterocycles. The highest BCUT2D eigenvalue weighted by Gasteiger charge is 2.42. The first-order chi connectivity index (χ1) is 22.2. The first kappa shape index (κ1) is 31.2. The minimum absolute atomic E-state index is 0.0826. The third-order valence-electron chi connectivity index (χ3n) is 8.70. The Kier molecular flexibility index (Phi) is 8.72. The van der Waals surface area contributed by atoms with Crippen LogP contribution in [0.2, 0.25) is 0 Å². The summed E-state index contributed by atoms with van der Waals surface area (Å²) >= 11 is 0. The summed E-state index contributed by atoms with van der Waals surface area (Å²) in [5.41, 5.74) is 3.62. The van der Waals surface area contributed by atoms with Gasteiger partial charge in [-0.25, -0.2) is 0 Å². The maximum absolute atomic E-state index is 13.4. The number of amides is 3. The van der Waals surface area contributed by atoms with E-state index in [1.54, 1.807) is 42.5 Å². The standard InChI is InChI=1S/C34H38N4O8/c1-20-10-22-16-35-25-14-30(28(43-3)12-23(25)32(40)36(22)17-20)45-8-6-5-7-9-46-31-15-26-24(13-29(31)44-4)33(41)37-18-21(2)11-27(37)34(42)38(26)19-39/h12-19,22,27,34,42H,5-11H2,1-4H3. The van der Waals surface area contributed by atoms with Crippen LogP contribution in [0.5, 0.6) is 23.0 Å². The number of benzene rings is 2. The molecule has 0 saturated heterocycles. The van der Waals surface area contributed by atoms with Crippen LogP contribution in [0.25, 0.3) is 0 Å². The highest BCUT2D eigenvalue weighted by Crippen LogP contribution is 2.42. The number of hydrogen-bond acceptors (Lipinski definition) is 9. The monoisotopic (exact) mass is 630 g/mol. The van der Waals surface area contributed by atoms with E-state index < -0.39 is 12.3 Å². The van der Waals surface area contributed by atoms with E-state index in [1.165, 1.54) is 16.9 Å². The van der Waals surface area contributed by atoms with Gasteiger partial charge in [-0.15, -0.1) is 0 Å². The van der Waals surface area contributed by atoms with E-state index in [9.17, 15) is 19.5 Å². The lowest BCUT2D eigenvalue weighted by Crippen LogP contribution is -2.47. The number of carbonyl (C=O) groups is 3. The number of aliphatic hydroxyl groups is 1. The summed E-state index contributed by atoms with van der Waals surface area (Å²) in [5, 5.41) is 11.0. The number of methoxy groups -OCH3 is 2. The molecule has 6 rings (SSSR count). The third kappa shape index (κ3) is 5.68. The third-order valence-corrected chi connectivity index (χ3v) is 8.70. The van der Waals surface area contributed by atoms with Crippen LogP contribution in [0.4, 0.5) is 11.4 Å². The van der Waals surface area contributed by atoms with Gasteiger partial charge in [-0.1, -0.05) is 11.1 Å². The Labute approximate surface area is 267 Å². The second-order valence-corrected chi connectivity index (χ2v) is 11.9. The summed E-state index contributed by atoms with van der Waals surface area (Å²) < 4.78 is 23.1. The van der Waals surface area contributed by atoms with Crippen molar-refractivity contribution in [2.24, 2.45) is 4.99 Å². The largest absolute Gasteiger partial charge is 0.493 e. The van der Waals surface area contributed by atoms with Gasteiger partial charge in [0.2, 0.25) is 6.41 Å². The maximum atomic E-state index is 13.4. The highest BCUT2D eigenvalue weighted by atomic mass is 16.5. The Morgan fingerprint density at radius 1 is 0.826 bits per heavy atom. The number of carbonyl (C=O) groups excluding carboxylic acids is 3. The van der Waals surface area contributed by atoms with Crippen LogP contribution < -0.4 is 23.8 Å². The van der Waals surface area contributed by atoms with Gasteiger partial charge in [0.25, 0.3) is 11.8 Å². The average molecular weight is 631 g/mol. The number of aliphatic imine (C=N–C) groups is 1.